The third-order valence-electron chi connectivity index (χ3n) is 21.2. The molecule has 0 radical (unpaired) electrons. The minimum absolute atomic E-state index is 0.107. The third kappa shape index (κ3) is 80.7. The zero-order valence-corrected chi connectivity index (χ0v) is 73.3. The zero-order valence-electron chi connectivity index (χ0n) is 71.5. The average molecular weight is 1580 g/mol. The van der Waals surface area contributed by atoms with Crippen LogP contribution in [0.1, 0.15) is 466 Å². The van der Waals surface area contributed by atoms with Crippen molar-refractivity contribution in [2.45, 2.75) is 485 Å². The van der Waals surface area contributed by atoms with E-state index in [1.54, 1.807) is 0 Å². The Morgan fingerprint density at radius 3 is 0.657 bits per heavy atom. The van der Waals surface area contributed by atoms with Gasteiger partial charge in [-0.3, -0.25) is 37.3 Å². The standard InChI is InChI=1S/C89H174O17P2/c1-9-82(8)68-60-52-44-36-30-24-18-12-10-11-13-19-25-31-37-45-53-61-69-86(91)99-75-84(105-88(93)71-63-55-46-38-32-26-20-14-16-22-28-34-41-49-57-65-79(2)3)77-103-107(95,96)101-73-83(90)74-102-108(97,98)104-78-85(76-100-87(92)70-62-54-48-40-43-51-59-67-81(6)7)106-89(94)72-64-56-47-39-33-27-21-15-17-23-29-35-42-50-58-66-80(4)5/h79-85,90H,9-78H2,1-8H3,(H,95,96)(H,97,98)/t82?,83?,84-,85-/m1/s1. The van der Waals surface area contributed by atoms with Crippen LogP contribution in [-0.4, -0.2) is 96.7 Å². The molecule has 0 saturated heterocycles. The summed E-state index contributed by atoms with van der Waals surface area (Å²) in [4.78, 5) is 73.3. The molecule has 0 bridgehead atoms. The number of carbonyl (C=O) groups excluding carboxylic acids is 4. The van der Waals surface area contributed by atoms with Gasteiger partial charge < -0.3 is 33.8 Å². The Kier molecular flexibility index (Phi) is 76.2. The van der Waals surface area contributed by atoms with Crippen molar-refractivity contribution in [1.29, 1.82) is 0 Å². The molecular weight excluding hydrogens is 1400 g/mol. The first-order chi connectivity index (χ1) is 52.1. The summed E-state index contributed by atoms with van der Waals surface area (Å²) in [7, 11) is -9.93. The van der Waals surface area contributed by atoms with Gasteiger partial charge >= 0.3 is 39.5 Å². The van der Waals surface area contributed by atoms with Crippen molar-refractivity contribution in [3.05, 3.63) is 0 Å². The minimum Gasteiger partial charge on any atom is -0.462 e. The molecule has 0 rings (SSSR count). The zero-order chi connectivity index (χ0) is 79.5. The highest BCUT2D eigenvalue weighted by Crippen LogP contribution is 2.45. The predicted octanol–water partition coefficient (Wildman–Crippen LogP) is 27.1. The molecule has 0 aliphatic carbocycles. The summed E-state index contributed by atoms with van der Waals surface area (Å²) >= 11 is 0. The van der Waals surface area contributed by atoms with E-state index in [0.717, 1.165) is 114 Å². The molecule has 17 nitrogen and oxygen atoms in total. The number of hydrogen-bond donors (Lipinski definition) is 3. The molecule has 108 heavy (non-hydrogen) atoms. The Bertz CT molecular complexity index is 2100. The van der Waals surface area contributed by atoms with Gasteiger partial charge in [0.2, 0.25) is 0 Å². The number of ether oxygens (including phenoxy) is 4. The summed E-state index contributed by atoms with van der Waals surface area (Å²) < 4.78 is 69.0. The van der Waals surface area contributed by atoms with E-state index in [1.165, 1.54) is 263 Å². The molecule has 0 aromatic rings. The quantitative estimate of drug-likeness (QED) is 0.0222. The molecule has 0 aromatic carbocycles. The average Bonchev–Trinajstić information content (AvgIpc) is 0.905. The van der Waals surface area contributed by atoms with E-state index in [1.807, 2.05) is 0 Å². The second kappa shape index (κ2) is 77.6. The number of phosphoric ester groups is 2. The second-order valence-corrected chi connectivity index (χ2v) is 36.6. The fraction of sp³-hybridized carbons (Fsp3) is 0.955. The van der Waals surface area contributed by atoms with Gasteiger partial charge in [-0.15, -0.1) is 0 Å². The normalized spacial score (nSPS) is 14.1. The van der Waals surface area contributed by atoms with Gasteiger partial charge in [-0.1, -0.05) is 415 Å². The second-order valence-electron chi connectivity index (χ2n) is 33.7. The van der Waals surface area contributed by atoms with Crippen LogP contribution in [-0.2, 0) is 65.4 Å². The topological polar surface area (TPSA) is 237 Å². The van der Waals surface area contributed by atoms with E-state index in [2.05, 4.69) is 55.4 Å². The highest BCUT2D eigenvalue weighted by atomic mass is 31.2. The van der Waals surface area contributed by atoms with E-state index in [9.17, 15) is 43.2 Å². The SMILES string of the molecule is CCC(C)CCCCCCCCCCCCCCCCCCCCC(=O)OC[C@H](COP(=O)(O)OCC(O)COP(=O)(O)OC[C@@H](COC(=O)CCCCCCCCCC(C)C)OC(=O)CCCCCCCCCCCCCCCCCC(C)C)OC(=O)CCCCCCCCCCCCCCCCCC(C)C. The summed E-state index contributed by atoms with van der Waals surface area (Å²) in [5.74, 6) is 1.08. The van der Waals surface area contributed by atoms with E-state index in [-0.39, 0.29) is 25.7 Å². The first-order valence-electron chi connectivity index (χ1n) is 45.7. The Morgan fingerprint density at radius 2 is 0.444 bits per heavy atom. The van der Waals surface area contributed by atoms with E-state index in [4.69, 9.17) is 37.0 Å². The molecule has 0 aromatic heterocycles. The number of rotatable bonds is 86. The molecular formula is C89H174O17P2. The lowest BCUT2D eigenvalue weighted by Gasteiger charge is -2.21. The first-order valence-corrected chi connectivity index (χ1v) is 48.7. The molecule has 0 aliphatic rings. The van der Waals surface area contributed by atoms with E-state index >= 15 is 0 Å². The van der Waals surface area contributed by atoms with Crippen LogP contribution in [0.15, 0.2) is 0 Å². The Hall–Kier alpha value is -1.94. The van der Waals surface area contributed by atoms with Crippen molar-refractivity contribution in [3.8, 4) is 0 Å². The molecule has 4 unspecified atom stereocenters. The van der Waals surface area contributed by atoms with Crippen molar-refractivity contribution >= 4 is 39.5 Å². The fourth-order valence-corrected chi connectivity index (χ4v) is 15.4. The van der Waals surface area contributed by atoms with Crippen LogP contribution < -0.4 is 0 Å². The molecule has 3 N–H and O–H groups in total. The Labute approximate surface area is 664 Å². The lowest BCUT2D eigenvalue weighted by Crippen LogP contribution is -2.30. The summed E-state index contributed by atoms with van der Waals surface area (Å²) in [6, 6.07) is 0. The predicted molar refractivity (Wildman–Crippen MR) is 446 cm³/mol. The maximum absolute atomic E-state index is 13.2. The number of esters is 4. The molecule has 19 heteroatoms. The molecule has 6 atom stereocenters. The van der Waals surface area contributed by atoms with Crippen LogP contribution in [0.5, 0.6) is 0 Å². The Balaban J connectivity index is 5.22. The third-order valence-corrected chi connectivity index (χ3v) is 23.1. The molecule has 0 fully saturated rings. The van der Waals surface area contributed by atoms with Crippen molar-refractivity contribution < 1.29 is 80.2 Å². The molecule has 0 spiro atoms. The van der Waals surface area contributed by atoms with Gasteiger partial charge in [-0.05, 0) is 49.4 Å². The monoisotopic (exact) mass is 1580 g/mol. The number of aliphatic hydroxyl groups is 1. The molecule has 0 saturated carbocycles. The highest BCUT2D eigenvalue weighted by molar-refractivity contribution is 7.47. The minimum atomic E-state index is -4.97. The Morgan fingerprint density at radius 1 is 0.259 bits per heavy atom. The largest absolute Gasteiger partial charge is 0.472 e. The summed E-state index contributed by atoms with van der Waals surface area (Å²) in [6.45, 7) is 14.4. The van der Waals surface area contributed by atoms with Crippen molar-refractivity contribution in [2.75, 3.05) is 39.6 Å². The van der Waals surface area contributed by atoms with Crippen LogP contribution >= 0.6 is 15.6 Å². The van der Waals surface area contributed by atoms with Crippen molar-refractivity contribution in [3.63, 3.8) is 0 Å². The van der Waals surface area contributed by atoms with Crippen molar-refractivity contribution in [2.24, 2.45) is 23.7 Å². The van der Waals surface area contributed by atoms with Gasteiger partial charge in [0.05, 0.1) is 26.4 Å². The van der Waals surface area contributed by atoms with Crippen LogP contribution in [0.25, 0.3) is 0 Å². The van der Waals surface area contributed by atoms with E-state index < -0.39 is 97.5 Å². The van der Waals surface area contributed by atoms with Gasteiger partial charge in [-0.2, -0.15) is 0 Å². The number of aliphatic hydroxyl groups excluding tert-OH is 1. The van der Waals surface area contributed by atoms with Crippen LogP contribution in [0, 0.1) is 23.7 Å². The van der Waals surface area contributed by atoms with Gasteiger partial charge in [-0.25, -0.2) is 9.13 Å². The van der Waals surface area contributed by atoms with Crippen LogP contribution in [0.4, 0.5) is 0 Å². The highest BCUT2D eigenvalue weighted by Gasteiger charge is 2.31. The number of hydrogen-bond acceptors (Lipinski definition) is 15. The van der Waals surface area contributed by atoms with E-state index in [0.29, 0.717) is 31.6 Å². The molecule has 0 amide bonds. The molecule has 642 valence electrons. The number of carbonyl (C=O) groups is 4. The first kappa shape index (κ1) is 106. The maximum Gasteiger partial charge on any atom is 0.472 e. The van der Waals surface area contributed by atoms with Crippen LogP contribution in [0.2, 0.25) is 0 Å². The lowest BCUT2D eigenvalue weighted by atomic mass is 9.99. The van der Waals surface area contributed by atoms with Gasteiger partial charge in [0, 0.05) is 25.7 Å². The van der Waals surface area contributed by atoms with Crippen molar-refractivity contribution in [1.82, 2.24) is 0 Å². The summed E-state index contributed by atoms with van der Waals surface area (Å²) in [6.07, 6.45) is 68.1. The fourth-order valence-electron chi connectivity index (χ4n) is 13.8. The smallest absolute Gasteiger partial charge is 0.462 e. The lowest BCUT2D eigenvalue weighted by molar-refractivity contribution is -0.161. The number of unbranched alkanes of at least 4 members (excludes halogenated alkanes) is 51. The van der Waals surface area contributed by atoms with Gasteiger partial charge in [0.15, 0.2) is 12.2 Å². The summed E-state index contributed by atoms with van der Waals surface area (Å²) in [5.41, 5.74) is 0. The van der Waals surface area contributed by atoms with Gasteiger partial charge in [0.1, 0.15) is 19.3 Å². The van der Waals surface area contributed by atoms with Crippen LogP contribution in [0.3, 0.4) is 0 Å². The molecule has 0 aliphatic heterocycles. The maximum atomic E-state index is 13.2. The van der Waals surface area contributed by atoms with Gasteiger partial charge in [0.25, 0.3) is 0 Å². The molecule has 0 heterocycles. The number of phosphoric acid groups is 2. The summed E-state index contributed by atoms with van der Waals surface area (Å²) in [5, 5.41) is 10.7.